The molecule has 30 heavy (non-hydrogen) atoms. The van der Waals surface area contributed by atoms with Crippen LogP contribution in [-0.2, 0) is 14.3 Å². The molecule has 2 heterocycles. The summed E-state index contributed by atoms with van der Waals surface area (Å²) in [7, 11) is 1.22. The summed E-state index contributed by atoms with van der Waals surface area (Å²) in [6, 6.07) is 6.65. The topological polar surface area (TPSA) is 136 Å². The molecular formula is C19H25N5O6. The average molecular weight is 419 g/mol. The van der Waals surface area contributed by atoms with Crippen molar-refractivity contribution in [2.75, 3.05) is 57.8 Å². The highest BCUT2D eigenvalue weighted by molar-refractivity contribution is 6.04. The monoisotopic (exact) mass is 419 g/mol. The van der Waals surface area contributed by atoms with Gasteiger partial charge in [-0.2, -0.15) is 0 Å². The Morgan fingerprint density at radius 1 is 1.20 bits per heavy atom. The van der Waals surface area contributed by atoms with Gasteiger partial charge in [0, 0.05) is 44.0 Å². The van der Waals surface area contributed by atoms with Gasteiger partial charge in [0.05, 0.1) is 20.2 Å². The van der Waals surface area contributed by atoms with Crippen molar-refractivity contribution in [3.63, 3.8) is 0 Å². The number of nitrogens with zero attached hydrogens (tertiary/aromatic N) is 3. The van der Waals surface area contributed by atoms with Crippen molar-refractivity contribution in [3.05, 3.63) is 29.8 Å². The number of alkyl carbamates (subject to hydrolysis) is 1. The van der Waals surface area contributed by atoms with Gasteiger partial charge in [-0.25, -0.2) is 9.59 Å². The summed E-state index contributed by atoms with van der Waals surface area (Å²) in [5.41, 5.74) is 1.12. The van der Waals surface area contributed by atoms with E-state index in [1.165, 1.54) is 12.0 Å². The first kappa shape index (κ1) is 21.5. The lowest BCUT2D eigenvalue weighted by Crippen LogP contribution is -2.50. The van der Waals surface area contributed by atoms with Crippen molar-refractivity contribution in [1.29, 1.82) is 5.41 Å². The van der Waals surface area contributed by atoms with Crippen molar-refractivity contribution in [3.8, 4) is 0 Å². The molecular weight excluding hydrogens is 394 g/mol. The Labute approximate surface area is 173 Å². The van der Waals surface area contributed by atoms with Gasteiger partial charge in [-0.3, -0.25) is 30.2 Å². The normalized spacial score (nSPS) is 20.0. The van der Waals surface area contributed by atoms with Crippen LogP contribution < -0.4 is 10.2 Å². The molecule has 3 rings (SSSR count). The number of rotatable bonds is 6. The molecule has 1 atom stereocenters. The number of piperazine rings is 1. The Bertz CT molecular complexity index is 806. The van der Waals surface area contributed by atoms with Gasteiger partial charge in [0.2, 0.25) is 0 Å². The zero-order valence-corrected chi connectivity index (χ0v) is 16.7. The lowest BCUT2D eigenvalue weighted by atomic mass is 10.1. The van der Waals surface area contributed by atoms with E-state index in [0.717, 1.165) is 13.1 Å². The van der Waals surface area contributed by atoms with Gasteiger partial charge in [0.15, 0.2) is 0 Å². The number of hydrogen-bond acceptors (Lipinski definition) is 8. The number of nitrogens with one attached hydrogen (secondary N) is 2. The standard InChI is InChI=1S/C19H25N5O6/c1-29-18(27)21-17(20)13-2-4-14(5-3-13)24-11-15(30-19(24)28)10-22-6-8-23(9-7-22)12-16(25)26/h2-5,15H,6-12H2,1H3,(H,25,26)(H2,20,21,27). The number of hydrogen-bond donors (Lipinski definition) is 3. The van der Waals surface area contributed by atoms with E-state index in [-0.39, 0.29) is 18.5 Å². The molecule has 162 valence electrons. The minimum absolute atomic E-state index is 0.0443. The van der Waals surface area contributed by atoms with Crippen LogP contribution in [0.25, 0.3) is 0 Å². The summed E-state index contributed by atoms with van der Waals surface area (Å²) in [5, 5.41) is 19.0. The SMILES string of the molecule is COC(=O)NC(=N)c1ccc(N2CC(CN3CCN(CC(=O)O)CC3)OC2=O)cc1. The quantitative estimate of drug-likeness (QED) is 0.445. The maximum Gasteiger partial charge on any atom is 0.414 e. The summed E-state index contributed by atoms with van der Waals surface area (Å²) in [6.07, 6.45) is -1.43. The number of aliphatic carboxylic acids is 1. The van der Waals surface area contributed by atoms with E-state index < -0.39 is 18.2 Å². The molecule has 0 saturated carbocycles. The molecule has 0 aromatic heterocycles. The van der Waals surface area contributed by atoms with E-state index in [2.05, 4.69) is 15.0 Å². The number of methoxy groups -OCH3 is 1. The number of amidine groups is 1. The minimum Gasteiger partial charge on any atom is -0.480 e. The van der Waals surface area contributed by atoms with Crippen LogP contribution in [0.2, 0.25) is 0 Å². The van der Waals surface area contributed by atoms with E-state index in [0.29, 0.717) is 37.4 Å². The van der Waals surface area contributed by atoms with Gasteiger partial charge in [0.25, 0.3) is 0 Å². The molecule has 2 aliphatic heterocycles. The van der Waals surface area contributed by atoms with E-state index in [4.69, 9.17) is 15.3 Å². The van der Waals surface area contributed by atoms with Crippen LogP contribution in [0.4, 0.5) is 15.3 Å². The van der Waals surface area contributed by atoms with E-state index in [1.54, 1.807) is 24.3 Å². The number of carbonyl (C=O) groups is 3. The predicted molar refractivity (Wildman–Crippen MR) is 107 cm³/mol. The van der Waals surface area contributed by atoms with Gasteiger partial charge < -0.3 is 14.6 Å². The molecule has 11 nitrogen and oxygen atoms in total. The van der Waals surface area contributed by atoms with Gasteiger partial charge in [-0.05, 0) is 24.3 Å². The summed E-state index contributed by atoms with van der Waals surface area (Å²) in [6.45, 7) is 3.84. The number of carbonyl (C=O) groups excluding carboxylic acids is 2. The summed E-state index contributed by atoms with van der Waals surface area (Å²) < 4.78 is 9.95. The third-order valence-corrected chi connectivity index (χ3v) is 5.04. The smallest absolute Gasteiger partial charge is 0.414 e. The number of carboxylic acid groups (broad SMARTS) is 1. The zero-order chi connectivity index (χ0) is 21.7. The molecule has 2 amide bonds. The maximum atomic E-state index is 12.3. The van der Waals surface area contributed by atoms with Crippen LogP contribution >= 0.6 is 0 Å². The largest absolute Gasteiger partial charge is 0.480 e. The van der Waals surface area contributed by atoms with E-state index in [1.807, 2.05) is 4.90 Å². The van der Waals surface area contributed by atoms with Crippen molar-refractivity contribution in [2.24, 2.45) is 0 Å². The number of cyclic esters (lactones) is 1. The fraction of sp³-hybridized carbons (Fsp3) is 0.474. The van der Waals surface area contributed by atoms with E-state index in [9.17, 15) is 14.4 Å². The number of benzene rings is 1. The molecule has 2 aliphatic rings. The minimum atomic E-state index is -0.828. The Morgan fingerprint density at radius 2 is 1.83 bits per heavy atom. The third kappa shape index (κ3) is 5.45. The number of anilines is 1. The Balaban J connectivity index is 1.51. The molecule has 0 aliphatic carbocycles. The lowest BCUT2D eigenvalue weighted by Gasteiger charge is -2.34. The van der Waals surface area contributed by atoms with Crippen LogP contribution in [0.3, 0.4) is 0 Å². The Morgan fingerprint density at radius 3 is 2.43 bits per heavy atom. The predicted octanol–water partition coefficient (Wildman–Crippen LogP) is 0.395. The number of amides is 2. The number of carboxylic acids is 1. The molecule has 1 aromatic rings. The second kappa shape index (κ2) is 9.55. The molecule has 0 spiro atoms. The van der Waals surface area contributed by atoms with E-state index >= 15 is 0 Å². The van der Waals surface area contributed by atoms with Crippen LogP contribution in [0, 0.1) is 5.41 Å². The van der Waals surface area contributed by atoms with Crippen LogP contribution in [0.15, 0.2) is 24.3 Å². The zero-order valence-electron chi connectivity index (χ0n) is 16.7. The van der Waals surface area contributed by atoms with Crippen molar-refractivity contribution in [2.45, 2.75) is 6.10 Å². The van der Waals surface area contributed by atoms with Gasteiger partial charge in [-0.15, -0.1) is 0 Å². The number of ether oxygens (including phenoxy) is 2. The highest BCUT2D eigenvalue weighted by Crippen LogP contribution is 2.23. The highest BCUT2D eigenvalue weighted by Gasteiger charge is 2.34. The first-order valence-electron chi connectivity index (χ1n) is 9.54. The van der Waals surface area contributed by atoms with Crippen LogP contribution in [-0.4, -0.2) is 97.9 Å². The second-order valence-electron chi connectivity index (χ2n) is 7.13. The molecule has 2 fully saturated rings. The molecule has 1 unspecified atom stereocenters. The molecule has 11 heteroatoms. The lowest BCUT2D eigenvalue weighted by molar-refractivity contribution is -0.138. The molecule has 2 saturated heterocycles. The van der Waals surface area contributed by atoms with Gasteiger partial charge >= 0.3 is 18.2 Å². The highest BCUT2D eigenvalue weighted by atomic mass is 16.6. The molecule has 0 radical (unpaired) electrons. The van der Waals surface area contributed by atoms with Crippen molar-refractivity contribution < 1.29 is 29.0 Å². The maximum absolute atomic E-state index is 12.3. The van der Waals surface area contributed by atoms with Crippen molar-refractivity contribution in [1.82, 2.24) is 15.1 Å². The molecule has 3 N–H and O–H groups in total. The first-order valence-corrected chi connectivity index (χ1v) is 9.54. The van der Waals surface area contributed by atoms with Gasteiger partial charge in [-0.1, -0.05) is 0 Å². The Kier molecular flexibility index (Phi) is 6.85. The fourth-order valence-electron chi connectivity index (χ4n) is 3.47. The Hall–Kier alpha value is -3.18. The molecule has 1 aromatic carbocycles. The fourth-order valence-corrected chi connectivity index (χ4v) is 3.47. The first-order chi connectivity index (χ1) is 14.4. The summed E-state index contributed by atoms with van der Waals surface area (Å²) >= 11 is 0. The van der Waals surface area contributed by atoms with Crippen LogP contribution in [0.5, 0.6) is 0 Å². The third-order valence-electron chi connectivity index (χ3n) is 5.04. The van der Waals surface area contributed by atoms with Crippen LogP contribution in [0.1, 0.15) is 5.56 Å². The van der Waals surface area contributed by atoms with Crippen molar-refractivity contribution >= 4 is 29.7 Å². The average Bonchev–Trinajstić information content (AvgIpc) is 3.09. The molecule has 0 bridgehead atoms. The summed E-state index contributed by atoms with van der Waals surface area (Å²) in [5.74, 6) is -0.927. The van der Waals surface area contributed by atoms with Gasteiger partial charge in [0.1, 0.15) is 11.9 Å². The second-order valence-corrected chi connectivity index (χ2v) is 7.13. The summed E-state index contributed by atoms with van der Waals surface area (Å²) in [4.78, 5) is 39.9.